The van der Waals surface area contributed by atoms with Crippen molar-refractivity contribution in [1.82, 2.24) is 10.3 Å². The molecule has 2 rings (SSSR count). The fourth-order valence-corrected chi connectivity index (χ4v) is 3.47. The molecule has 1 aliphatic rings. The highest BCUT2D eigenvalue weighted by Gasteiger charge is 2.25. The molecule has 0 amide bonds. The van der Waals surface area contributed by atoms with Crippen LogP contribution in [-0.2, 0) is 9.59 Å². The molecule has 1 fully saturated rings. The summed E-state index contributed by atoms with van der Waals surface area (Å²) in [7, 11) is 0. The van der Waals surface area contributed by atoms with Crippen molar-refractivity contribution in [2.45, 2.75) is 37.6 Å². The molecule has 0 spiro atoms. The Morgan fingerprint density at radius 1 is 1.26 bits per heavy atom. The number of nitrogens with one attached hydrogen (secondary N) is 1. The molecule has 1 aromatic rings. The van der Waals surface area contributed by atoms with Crippen molar-refractivity contribution in [3.63, 3.8) is 0 Å². The zero-order valence-corrected chi connectivity index (χ0v) is 17.0. The molecule has 0 bridgehead atoms. The fourth-order valence-electron chi connectivity index (χ4n) is 2.68. The molecule has 0 aliphatic heterocycles. The number of hydrogen-bond acceptors (Lipinski definition) is 7. The van der Waals surface area contributed by atoms with E-state index in [2.05, 4.69) is 20.4 Å². The summed E-state index contributed by atoms with van der Waals surface area (Å²) in [6.07, 6.45) is 4.75. The summed E-state index contributed by atoms with van der Waals surface area (Å²) in [5.74, 6) is -2.46. The summed E-state index contributed by atoms with van der Waals surface area (Å²) in [5.41, 5.74) is 17.1. The highest BCUT2D eigenvalue weighted by Crippen LogP contribution is 2.34. The number of aliphatic carboxylic acids is 2. The van der Waals surface area contributed by atoms with Crippen LogP contribution in [0.5, 0.6) is 0 Å². The lowest BCUT2D eigenvalue weighted by molar-refractivity contribution is -0.485. The second kappa shape index (κ2) is 13.4. The minimum Gasteiger partial charge on any atom is -0.478 e. The number of carbonyl (C=O) groups is 2. The SMILES string of the molecule is NC(N)=Nc1nc(C2CCCC(N/C(N)=N\[N+](=O)[O-])C2)cs1.O.O=C(O)/C=C\C(=O)O. The predicted molar refractivity (Wildman–Crippen MR) is 112 cm³/mol. The molecule has 0 radical (unpaired) electrons. The molecular weight excluding hydrogens is 436 g/mol. The summed E-state index contributed by atoms with van der Waals surface area (Å²) >= 11 is 1.38. The number of carboxylic acid groups (broad SMARTS) is 2. The first-order chi connectivity index (χ1) is 14.1. The van der Waals surface area contributed by atoms with E-state index >= 15 is 0 Å². The fraction of sp³-hybridized carbons (Fsp3) is 0.400. The minimum absolute atomic E-state index is 0. The van der Waals surface area contributed by atoms with Crippen LogP contribution in [0.15, 0.2) is 27.6 Å². The van der Waals surface area contributed by atoms with Gasteiger partial charge in [-0.25, -0.2) is 24.7 Å². The standard InChI is InChI=1S/C11H18N8O2S.C4H4O4.H2O/c12-9(13)17-11-16-8(5-22-11)6-2-1-3-7(4-6)15-10(14)18-19(20)21;5-3(6)1-2-4(7)8;/h5-7H,1-4H2,(H3,14,15,18)(H4,12,13,16,17);1-2H,(H,5,6)(H,7,8);1H2/b;2-1-;. The van der Waals surface area contributed by atoms with Crippen molar-refractivity contribution < 1.29 is 30.3 Å². The number of nitrogens with zero attached hydrogens (tertiary/aromatic N) is 4. The number of hydrazone groups is 1. The predicted octanol–water partition coefficient (Wildman–Crippen LogP) is -0.943. The van der Waals surface area contributed by atoms with Gasteiger partial charge in [-0.15, -0.1) is 11.3 Å². The average molecular weight is 460 g/mol. The summed E-state index contributed by atoms with van der Waals surface area (Å²) in [4.78, 5) is 37.7. The van der Waals surface area contributed by atoms with Gasteiger partial charge in [0.15, 0.2) is 11.0 Å². The van der Waals surface area contributed by atoms with Gasteiger partial charge in [-0.3, -0.25) is 0 Å². The molecule has 1 aromatic heterocycles. The lowest BCUT2D eigenvalue weighted by Gasteiger charge is -2.28. The Labute approximate surface area is 179 Å². The Hall–Kier alpha value is -3.79. The Kier molecular flexibility index (Phi) is 11.8. The van der Waals surface area contributed by atoms with E-state index in [9.17, 15) is 19.7 Å². The van der Waals surface area contributed by atoms with Crippen LogP contribution in [0.25, 0.3) is 0 Å². The first-order valence-corrected chi connectivity index (χ1v) is 9.38. The maximum Gasteiger partial charge on any atom is 0.328 e. The third-order valence-corrected chi connectivity index (χ3v) is 4.49. The van der Waals surface area contributed by atoms with Gasteiger partial charge in [0, 0.05) is 29.5 Å². The van der Waals surface area contributed by atoms with Gasteiger partial charge in [-0.1, -0.05) is 6.42 Å². The third kappa shape index (κ3) is 11.7. The van der Waals surface area contributed by atoms with Gasteiger partial charge >= 0.3 is 11.9 Å². The first-order valence-electron chi connectivity index (χ1n) is 8.50. The minimum atomic E-state index is -1.26. The molecule has 15 nitrogen and oxygen atoms in total. The Balaban J connectivity index is 0.000000858. The number of nitrogens with two attached hydrogens (primary N) is 3. The molecule has 31 heavy (non-hydrogen) atoms. The second-order valence-electron chi connectivity index (χ2n) is 6.03. The highest BCUT2D eigenvalue weighted by molar-refractivity contribution is 7.13. The van der Waals surface area contributed by atoms with E-state index in [4.69, 9.17) is 27.4 Å². The van der Waals surface area contributed by atoms with Crippen molar-refractivity contribution in [2.75, 3.05) is 0 Å². The number of aromatic nitrogens is 1. The molecule has 1 heterocycles. The van der Waals surface area contributed by atoms with Crippen LogP contribution in [-0.4, -0.2) is 55.6 Å². The normalized spacial score (nSPS) is 18.1. The molecule has 2 atom stereocenters. The number of aliphatic imine (C=N–C) groups is 1. The smallest absolute Gasteiger partial charge is 0.328 e. The van der Waals surface area contributed by atoms with Gasteiger partial charge in [0.25, 0.3) is 5.96 Å². The van der Waals surface area contributed by atoms with Crippen molar-refractivity contribution in [3.05, 3.63) is 33.3 Å². The van der Waals surface area contributed by atoms with Gasteiger partial charge in [-0.05, 0) is 19.3 Å². The molecule has 16 heteroatoms. The van der Waals surface area contributed by atoms with E-state index < -0.39 is 17.0 Å². The molecule has 172 valence electrons. The van der Waals surface area contributed by atoms with Crippen LogP contribution in [0, 0.1) is 10.1 Å². The average Bonchev–Trinajstić information content (AvgIpc) is 3.08. The number of hydrogen-bond donors (Lipinski definition) is 6. The maximum atomic E-state index is 10.3. The molecule has 1 saturated carbocycles. The molecule has 0 saturated heterocycles. The Morgan fingerprint density at radius 2 is 1.87 bits per heavy atom. The van der Waals surface area contributed by atoms with Crippen LogP contribution < -0.4 is 22.5 Å². The zero-order valence-electron chi connectivity index (χ0n) is 16.2. The van der Waals surface area contributed by atoms with Crippen molar-refractivity contribution >= 4 is 40.3 Å². The highest BCUT2D eigenvalue weighted by atomic mass is 32.1. The van der Waals surface area contributed by atoms with Crippen LogP contribution >= 0.6 is 11.3 Å². The van der Waals surface area contributed by atoms with Gasteiger partial charge in [-0.2, -0.15) is 4.99 Å². The maximum absolute atomic E-state index is 10.3. The van der Waals surface area contributed by atoms with Crippen molar-refractivity contribution in [2.24, 2.45) is 27.3 Å². The van der Waals surface area contributed by atoms with Crippen LogP contribution in [0.4, 0.5) is 5.13 Å². The second-order valence-corrected chi connectivity index (χ2v) is 6.87. The van der Waals surface area contributed by atoms with Crippen molar-refractivity contribution in [1.29, 1.82) is 0 Å². The van der Waals surface area contributed by atoms with E-state index in [-0.39, 0.29) is 29.4 Å². The van der Waals surface area contributed by atoms with Gasteiger partial charge in [0.05, 0.1) is 5.69 Å². The number of rotatable bonds is 6. The third-order valence-electron chi connectivity index (χ3n) is 3.74. The number of carboxylic acids is 2. The quantitative estimate of drug-likeness (QED) is 0.0989. The Bertz CT molecular complexity index is 834. The van der Waals surface area contributed by atoms with Crippen LogP contribution in [0.3, 0.4) is 0 Å². The van der Waals surface area contributed by atoms with E-state index in [1.165, 1.54) is 11.3 Å². The first kappa shape index (κ1) is 27.2. The molecular formula is C15H24N8O7S. The van der Waals surface area contributed by atoms with Crippen LogP contribution in [0.2, 0.25) is 0 Å². The van der Waals surface area contributed by atoms with Gasteiger partial charge in [0.2, 0.25) is 5.13 Å². The monoisotopic (exact) mass is 460 g/mol. The number of thiazole rings is 1. The lowest BCUT2D eigenvalue weighted by Crippen LogP contribution is -2.42. The van der Waals surface area contributed by atoms with E-state index in [1.807, 2.05) is 5.38 Å². The van der Waals surface area contributed by atoms with Crippen molar-refractivity contribution in [3.8, 4) is 0 Å². The summed E-state index contributed by atoms with van der Waals surface area (Å²) < 4.78 is 0. The number of nitro groups is 1. The van der Waals surface area contributed by atoms with Gasteiger partial charge < -0.3 is 38.2 Å². The Morgan fingerprint density at radius 3 is 2.39 bits per heavy atom. The lowest BCUT2D eigenvalue weighted by atomic mass is 9.84. The molecule has 0 aromatic carbocycles. The molecule has 1 aliphatic carbocycles. The van der Waals surface area contributed by atoms with E-state index in [0.717, 1.165) is 31.4 Å². The zero-order chi connectivity index (χ0) is 22.7. The largest absolute Gasteiger partial charge is 0.478 e. The number of guanidine groups is 2. The summed E-state index contributed by atoms with van der Waals surface area (Å²) in [6.45, 7) is 0. The molecule has 2 unspecified atom stereocenters. The summed E-state index contributed by atoms with van der Waals surface area (Å²) in [5, 5.41) is 33.5. The van der Waals surface area contributed by atoms with Gasteiger partial charge in [0.1, 0.15) is 5.10 Å². The van der Waals surface area contributed by atoms with E-state index in [1.54, 1.807) is 0 Å². The van der Waals surface area contributed by atoms with E-state index in [0.29, 0.717) is 17.3 Å². The summed E-state index contributed by atoms with van der Waals surface area (Å²) in [6, 6.07) is 0.0377. The van der Waals surface area contributed by atoms with Crippen LogP contribution in [0.1, 0.15) is 37.3 Å². The molecule has 11 N–H and O–H groups in total. The topological polar surface area (TPSA) is 277 Å².